The first-order chi connectivity index (χ1) is 13.6. The van der Waals surface area contributed by atoms with E-state index < -0.39 is 0 Å². The quantitative estimate of drug-likeness (QED) is 0.735. The molecular formula is C25H30N2O. The number of carbonyl (C=O) groups is 1. The van der Waals surface area contributed by atoms with Gasteiger partial charge in [0.1, 0.15) is 0 Å². The summed E-state index contributed by atoms with van der Waals surface area (Å²) in [6.07, 6.45) is 18.4. The molecule has 1 saturated heterocycles. The summed E-state index contributed by atoms with van der Waals surface area (Å²) in [5.41, 5.74) is 4.59. The number of amides is 1. The van der Waals surface area contributed by atoms with Crippen LogP contribution < -0.4 is 5.32 Å². The molecule has 4 rings (SSSR count). The predicted molar refractivity (Wildman–Crippen MR) is 116 cm³/mol. The largest absolute Gasteiger partial charge is 0.372 e. The molecule has 1 aromatic carbocycles. The van der Waals surface area contributed by atoms with Gasteiger partial charge in [-0.25, -0.2) is 0 Å². The summed E-state index contributed by atoms with van der Waals surface area (Å²) < 4.78 is 0. The van der Waals surface area contributed by atoms with Crippen molar-refractivity contribution in [2.24, 2.45) is 5.41 Å². The van der Waals surface area contributed by atoms with Crippen LogP contribution in [-0.4, -0.2) is 29.9 Å². The maximum absolute atomic E-state index is 12.9. The number of allylic oxidation sites excluding steroid dienone is 5. The van der Waals surface area contributed by atoms with Crippen LogP contribution in [-0.2, 0) is 0 Å². The van der Waals surface area contributed by atoms with E-state index in [9.17, 15) is 4.79 Å². The van der Waals surface area contributed by atoms with E-state index in [0.717, 1.165) is 42.6 Å². The highest BCUT2D eigenvalue weighted by molar-refractivity contribution is 5.97. The first-order valence-electron chi connectivity index (χ1n) is 10.4. The van der Waals surface area contributed by atoms with Gasteiger partial charge in [0, 0.05) is 30.4 Å². The second-order valence-electron chi connectivity index (χ2n) is 8.30. The highest BCUT2D eigenvalue weighted by Gasteiger charge is 2.55. The zero-order valence-electron chi connectivity index (χ0n) is 16.8. The smallest absolute Gasteiger partial charge is 0.251 e. The second-order valence-corrected chi connectivity index (χ2v) is 8.30. The normalized spacial score (nSPS) is 23.0. The fourth-order valence-corrected chi connectivity index (χ4v) is 4.64. The van der Waals surface area contributed by atoms with Crippen molar-refractivity contribution < 1.29 is 4.79 Å². The Balaban J connectivity index is 1.36. The minimum absolute atomic E-state index is 0.0635. The van der Waals surface area contributed by atoms with Gasteiger partial charge in [0.2, 0.25) is 0 Å². The number of nitrogens with zero attached hydrogens (tertiary/aromatic N) is 1. The number of hydrogen-bond donors (Lipinski definition) is 1. The standard InChI is InChI=1S/C25H30N2O/c1-3-4-9-20-10-8-13-22(19(20)2)24(28)26-23-18-25(23)14-16-27(17-15-25)21-11-6-5-7-12-21/h3-4,6,8-13,23H,1,5,7,14-18H2,2H3,(H,26,28)/b9-4-. The van der Waals surface area contributed by atoms with Gasteiger partial charge in [0.15, 0.2) is 0 Å². The highest BCUT2D eigenvalue weighted by Crippen LogP contribution is 2.54. The third-order valence-electron chi connectivity index (χ3n) is 6.63. The number of carbonyl (C=O) groups excluding carboxylic acids is 1. The van der Waals surface area contributed by atoms with Crippen LogP contribution in [0.15, 0.2) is 60.9 Å². The number of rotatable bonds is 5. The molecule has 1 spiro atoms. The molecule has 146 valence electrons. The maximum atomic E-state index is 12.9. The van der Waals surface area contributed by atoms with Crippen molar-refractivity contribution in [2.45, 2.75) is 45.1 Å². The van der Waals surface area contributed by atoms with Gasteiger partial charge in [-0.05, 0) is 67.7 Å². The Hall–Kier alpha value is -2.55. The van der Waals surface area contributed by atoms with Gasteiger partial charge in [-0.3, -0.25) is 4.79 Å². The third-order valence-corrected chi connectivity index (χ3v) is 6.63. The summed E-state index contributed by atoms with van der Waals surface area (Å²) in [5, 5.41) is 3.32. The van der Waals surface area contributed by atoms with Gasteiger partial charge in [-0.15, -0.1) is 0 Å². The lowest BCUT2D eigenvalue weighted by atomic mass is 9.91. The van der Waals surface area contributed by atoms with Gasteiger partial charge < -0.3 is 10.2 Å². The molecule has 1 saturated carbocycles. The van der Waals surface area contributed by atoms with Gasteiger partial charge >= 0.3 is 0 Å². The van der Waals surface area contributed by atoms with Crippen LogP contribution in [0.1, 0.15) is 53.6 Å². The fraction of sp³-hybridized carbons (Fsp3) is 0.400. The Morgan fingerprint density at radius 2 is 2.11 bits per heavy atom. The number of likely N-dealkylation sites (tertiary alicyclic amines) is 1. The molecule has 1 atom stereocenters. The third kappa shape index (κ3) is 3.71. The van der Waals surface area contributed by atoms with Gasteiger partial charge in [-0.2, -0.15) is 0 Å². The van der Waals surface area contributed by atoms with Crippen molar-refractivity contribution in [1.82, 2.24) is 10.2 Å². The van der Waals surface area contributed by atoms with Crippen LogP contribution in [0, 0.1) is 12.3 Å². The van der Waals surface area contributed by atoms with Crippen molar-refractivity contribution >= 4 is 12.0 Å². The molecule has 0 radical (unpaired) electrons. The molecule has 1 unspecified atom stereocenters. The monoisotopic (exact) mass is 374 g/mol. The first-order valence-corrected chi connectivity index (χ1v) is 10.4. The predicted octanol–water partition coefficient (Wildman–Crippen LogP) is 5.01. The number of hydrogen-bond acceptors (Lipinski definition) is 2. The minimum Gasteiger partial charge on any atom is -0.372 e. The van der Waals surface area contributed by atoms with Crippen molar-refractivity contribution in [2.75, 3.05) is 13.1 Å². The molecule has 3 nitrogen and oxygen atoms in total. The molecule has 1 N–H and O–H groups in total. The van der Waals surface area contributed by atoms with E-state index in [1.807, 2.05) is 37.3 Å². The van der Waals surface area contributed by atoms with Crippen LogP contribution in [0.5, 0.6) is 0 Å². The van der Waals surface area contributed by atoms with E-state index in [4.69, 9.17) is 0 Å². The lowest BCUT2D eigenvalue weighted by Crippen LogP contribution is -2.38. The fourth-order valence-electron chi connectivity index (χ4n) is 4.64. The van der Waals surface area contributed by atoms with Crippen LogP contribution in [0.25, 0.3) is 6.08 Å². The topological polar surface area (TPSA) is 32.3 Å². The van der Waals surface area contributed by atoms with Crippen molar-refractivity contribution in [1.29, 1.82) is 0 Å². The van der Waals surface area contributed by atoms with E-state index in [2.05, 4.69) is 35.0 Å². The van der Waals surface area contributed by atoms with E-state index in [-0.39, 0.29) is 5.91 Å². The Morgan fingerprint density at radius 3 is 2.82 bits per heavy atom. The average Bonchev–Trinajstić information content (AvgIpc) is 3.39. The summed E-state index contributed by atoms with van der Waals surface area (Å²) in [5.74, 6) is 0.0635. The zero-order chi connectivity index (χ0) is 19.6. The molecule has 0 aromatic heterocycles. The summed E-state index contributed by atoms with van der Waals surface area (Å²) in [4.78, 5) is 15.4. The molecule has 28 heavy (non-hydrogen) atoms. The average molecular weight is 375 g/mol. The lowest BCUT2D eigenvalue weighted by molar-refractivity contribution is 0.0938. The number of benzene rings is 1. The van der Waals surface area contributed by atoms with E-state index >= 15 is 0 Å². The molecule has 1 aromatic rings. The van der Waals surface area contributed by atoms with Crippen molar-refractivity contribution in [3.8, 4) is 0 Å². The molecule has 0 bridgehead atoms. The van der Waals surface area contributed by atoms with Crippen LogP contribution in [0.3, 0.4) is 0 Å². The summed E-state index contributed by atoms with van der Waals surface area (Å²) >= 11 is 0. The molecule has 1 heterocycles. The minimum atomic E-state index is 0.0635. The maximum Gasteiger partial charge on any atom is 0.251 e. The molecule has 1 amide bonds. The summed E-state index contributed by atoms with van der Waals surface area (Å²) in [6, 6.07) is 6.24. The van der Waals surface area contributed by atoms with Gasteiger partial charge in [-0.1, -0.05) is 49.1 Å². The van der Waals surface area contributed by atoms with Crippen molar-refractivity contribution in [3.63, 3.8) is 0 Å². The second kappa shape index (κ2) is 7.83. The summed E-state index contributed by atoms with van der Waals surface area (Å²) in [6.45, 7) is 7.94. The van der Waals surface area contributed by atoms with Gasteiger partial charge in [0.05, 0.1) is 0 Å². The van der Waals surface area contributed by atoms with Crippen LogP contribution in [0.4, 0.5) is 0 Å². The number of nitrogens with one attached hydrogen (secondary N) is 1. The molecule has 2 aliphatic carbocycles. The van der Waals surface area contributed by atoms with Gasteiger partial charge in [0.25, 0.3) is 5.91 Å². The molecule has 3 heteroatoms. The van der Waals surface area contributed by atoms with E-state index in [1.165, 1.54) is 25.0 Å². The SMILES string of the molecule is C=C/C=C\c1cccc(C(=O)NC2CC23CCN(C2=CCCC=C2)CC3)c1C. The lowest BCUT2D eigenvalue weighted by Gasteiger charge is -2.35. The number of piperidine rings is 1. The van der Waals surface area contributed by atoms with E-state index in [1.54, 1.807) is 6.08 Å². The molecule has 2 fully saturated rings. The molecule has 3 aliphatic rings. The molecular weight excluding hydrogens is 344 g/mol. The molecule has 1 aliphatic heterocycles. The zero-order valence-corrected chi connectivity index (χ0v) is 16.8. The van der Waals surface area contributed by atoms with Crippen molar-refractivity contribution in [3.05, 3.63) is 77.5 Å². The Morgan fingerprint density at radius 1 is 1.29 bits per heavy atom. The van der Waals surface area contributed by atoms with Crippen LogP contribution in [0.2, 0.25) is 0 Å². The highest BCUT2D eigenvalue weighted by atomic mass is 16.1. The first kappa shape index (κ1) is 18.8. The Bertz CT molecular complexity index is 853. The Kier molecular flexibility index (Phi) is 5.25. The van der Waals surface area contributed by atoms with E-state index in [0.29, 0.717) is 11.5 Å². The van der Waals surface area contributed by atoms with Crippen LogP contribution >= 0.6 is 0 Å². The summed E-state index contributed by atoms with van der Waals surface area (Å²) in [7, 11) is 0. The Labute approximate surface area is 168 Å².